The summed E-state index contributed by atoms with van der Waals surface area (Å²) in [5.41, 5.74) is 2.65. The van der Waals surface area contributed by atoms with Crippen LogP contribution in [0.3, 0.4) is 0 Å². The van der Waals surface area contributed by atoms with Gasteiger partial charge in [-0.2, -0.15) is 0 Å². The SMILES string of the molecule is CCOc1c(I)cc(/C=C2/C(=O)NC(=O)N(c3cc(C)cc(C)c3)C2=O)cc1OC. The summed E-state index contributed by atoms with van der Waals surface area (Å²) >= 11 is 2.10. The lowest BCUT2D eigenvalue weighted by molar-refractivity contribution is -0.122. The largest absolute Gasteiger partial charge is 0.493 e. The minimum Gasteiger partial charge on any atom is -0.493 e. The molecule has 0 atom stereocenters. The second-order valence-corrected chi connectivity index (χ2v) is 7.93. The van der Waals surface area contributed by atoms with Crippen LogP contribution in [0.2, 0.25) is 0 Å². The van der Waals surface area contributed by atoms with Gasteiger partial charge >= 0.3 is 6.03 Å². The summed E-state index contributed by atoms with van der Waals surface area (Å²) in [6.45, 7) is 6.09. The molecule has 1 heterocycles. The van der Waals surface area contributed by atoms with Gasteiger partial charge in [-0.15, -0.1) is 0 Å². The second kappa shape index (κ2) is 8.86. The number of imide groups is 2. The smallest absolute Gasteiger partial charge is 0.335 e. The molecule has 1 saturated heterocycles. The lowest BCUT2D eigenvalue weighted by atomic mass is 10.0. The van der Waals surface area contributed by atoms with Crippen LogP contribution in [0.5, 0.6) is 11.5 Å². The minimum absolute atomic E-state index is 0.143. The van der Waals surface area contributed by atoms with Crippen molar-refractivity contribution in [2.75, 3.05) is 18.6 Å². The van der Waals surface area contributed by atoms with Gasteiger partial charge in [0.1, 0.15) is 5.57 Å². The first-order chi connectivity index (χ1) is 14.2. The summed E-state index contributed by atoms with van der Waals surface area (Å²) in [4.78, 5) is 38.9. The zero-order valence-electron chi connectivity index (χ0n) is 17.0. The number of carbonyl (C=O) groups is 3. The number of carbonyl (C=O) groups excluding carboxylic acids is 3. The number of nitrogens with zero attached hydrogens (tertiary/aromatic N) is 1. The number of methoxy groups -OCH3 is 1. The Labute approximate surface area is 188 Å². The van der Waals surface area contributed by atoms with Crippen LogP contribution in [0.4, 0.5) is 10.5 Å². The molecular weight excluding hydrogens is 499 g/mol. The van der Waals surface area contributed by atoms with Crippen molar-refractivity contribution in [3.05, 3.63) is 56.2 Å². The Kier molecular flexibility index (Phi) is 6.45. The minimum atomic E-state index is -0.772. The van der Waals surface area contributed by atoms with Gasteiger partial charge in [-0.25, -0.2) is 9.69 Å². The highest BCUT2D eigenvalue weighted by molar-refractivity contribution is 14.1. The molecule has 30 heavy (non-hydrogen) atoms. The van der Waals surface area contributed by atoms with Crippen LogP contribution in [-0.4, -0.2) is 31.6 Å². The summed E-state index contributed by atoms with van der Waals surface area (Å²) in [5, 5.41) is 2.24. The number of amides is 4. The predicted octanol–water partition coefficient (Wildman–Crippen LogP) is 3.98. The van der Waals surface area contributed by atoms with Gasteiger partial charge in [0.05, 0.1) is 23.0 Å². The first-order valence-corrected chi connectivity index (χ1v) is 10.3. The Balaban J connectivity index is 2.05. The number of nitrogens with one attached hydrogen (secondary N) is 1. The lowest BCUT2D eigenvalue weighted by Crippen LogP contribution is -2.54. The molecule has 0 aliphatic carbocycles. The topological polar surface area (TPSA) is 84.9 Å². The molecule has 0 spiro atoms. The molecule has 3 rings (SSSR count). The maximum absolute atomic E-state index is 13.1. The summed E-state index contributed by atoms with van der Waals surface area (Å²) < 4.78 is 11.8. The molecule has 1 aliphatic rings. The molecular formula is C22H21IN2O5. The van der Waals surface area contributed by atoms with Crippen LogP contribution in [0.25, 0.3) is 6.08 Å². The highest BCUT2D eigenvalue weighted by atomic mass is 127. The van der Waals surface area contributed by atoms with Crippen LogP contribution >= 0.6 is 22.6 Å². The van der Waals surface area contributed by atoms with E-state index in [1.165, 1.54) is 13.2 Å². The lowest BCUT2D eigenvalue weighted by Gasteiger charge is -2.27. The van der Waals surface area contributed by atoms with Crippen molar-refractivity contribution in [3.8, 4) is 11.5 Å². The van der Waals surface area contributed by atoms with Crippen molar-refractivity contribution in [2.45, 2.75) is 20.8 Å². The number of hydrogen-bond acceptors (Lipinski definition) is 5. The number of benzene rings is 2. The van der Waals surface area contributed by atoms with Crippen molar-refractivity contribution < 1.29 is 23.9 Å². The van der Waals surface area contributed by atoms with Gasteiger partial charge in [0.25, 0.3) is 11.8 Å². The molecule has 0 saturated carbocycles. The fraction of sp³-hybridized carbons (Fsp3) is 0.227. The molecule has 0 bridgehead atoms. The van der Waals surface area contributed by atoms with E-state index in [0.29, 0.717) is 29.4 Å². The first kappa shape index (κ1) is 21.8. The van der Waals surface area contributed by atoms with Gasteiger partial charge in [0, 0.05) is 0 Å². The van der Waals surface area contributed by atoms with Crippen molar-refractivity contribution in [3.63, 3.8) is 0 Å². The quantitative estimate of drug-likeness (QED) is 0.367. The first-order valence-electron chi connectivity index (χ1n) is 9.25. The Hall–Kier alpha value is -2.88. The van der Waals surface area contributed by atoms with Crippen LogP contribution in [0.15, 0.2) is 35.9 Å². The van der Waals surface area contributed by atoms with Crippen molar-refractivity contribution in [1.82, 2.24) is 5.32 Å². The normalized spacial score (nSPS) is 15.4. The van der Waals surface area contributed by atoms with Crippen LogP contribution in [0, 0.1) is 17.4 Å². The van der Waals surface area contributed by atoms with Crippen molar-refractivity contribution in [2.24, 2.45) is 0 Å². The summed E-state index contributed by atoms with van der Waals surface area (Å²) in [7, 11) is 1.52. The Morgan fingerprint density at radius 1 is 1.07 bits per heavy atom. The van der Waals surface area contributed by atoms with Crippen LogP contribution in [-0.2, 0) is 9.59 Å². The third kappa shape index (κ3) is 4.33. The number of halogens is 1. The molecule has 1 fully saturated rings. The Morgan fingerprint density at radius 2 is 1.73 bits per heavy atom. The molecule has 8 heteroatoms. The van der Waals surface area contributed by atoms with E-state index in [-0.39, 0.29) is 5.57 Å². The van der Waals surface area contributed by atoms with E-state index < -0.39 is 17.8 Å². The van der Waals surface area contributed by atoms with E-state index in [2.05, 4.69) is 27.9 Å². The van der Waals surface area contributed by atoms with Gasteiger partial charge in [0.2, 0.25) is 0 Å². The highest BCUT2D eigenvalue weighted by Gasteiger charge is 2.37. The number of barbiturate groups is 1. The second-order valence-electron chi connectivity index (χ2n) is 6.77. The van der Waals surface area contributed by atoms with Crippen LogP contribution < -0.4 is 19.7 Å². The van der Waals surface area contributed by atoms with E-state index >= 15 is 0 Å². The highest BCUT2D eigenvalue weighted by Crippen LogP contribution is 2.35. The molecule has 0 aromatic heterocycles. The Morgan fingerprint density at radius 3 is 2.33 bits per heavy atom. The zero-order chi connectivity index (χ0) is 22.0. The Bertz CT molecular complexity index is 1060. The summed E-state index contributed by atoms with van der Waals surface area (Å²) in [6, 6.07) is 8.07. The summed E-state index contributed by atoms with van der Waals surface area (Å²) in [5.74, 6) is -0.346. The van der Waals surface area contributed by atoms with Gasteiger partial charge in [-0.1, -0.05) is 6.07 Å². The number of anilines is 1. The van der Waals surface area contributed by atoms with E-state index in [1.54, 1.807) is 24.3 Å². The predicted molar refractivity (Wildman–Crippen MR) is 122 cm³/mol. The fourth-order valence-electron chi connectivity index (χ4n) is 3.25. The number of ether oxygens (including phenoxy) is 2. The molecule has 2 aromatic rings. The van der Waals surface area contributed by atoms with Gasteiger partial charge in [-0.3, -0.25) is 14.9 Å². The average Bonchev–Trinajstić information content (AvgIpc) is 2.66. The molecule has 1 N–H and O–H groups in total. The molecule has 156 valence electrons. The standard InChI is InChI=1S/C22H21IN2O5/c1-5-30-19-17(23)10-14(11-18(19)29-4)9-16-20(26)24-22(28)25(21(16)27)15-7-12(2)6-13(3)8-15/h6-11H,5H2,1-4H3,(H,24,26,28)/b16-9-. The van der Waals surface area contributed by atoms with Gasteiger partial charge in [-0.05, 0) is 90.4 Å². The van der Waals surface area contributed by atoms with Crippen molar-refractivity contribution in [1.29, 1.82) is 0 Å². The number of urea groups is 1. The zero-order valence-corrected chi connectivity index (χ0v) is 19.2. The number of hydrogen-bond donors (Lipinski definition) is 1. The molecule has 7 nitrogen and oxygen atoms in total. The van der Waals surface area contributed by atoms with Crippen LogP contribution in [0.1, 0.15) is 23.6 Å². The average molecular weight is 520 g/mol. The van der Waals surface area contributed by atoms with E-state index in [1.807, 2.05) is 26.8 Å². The maximum atomic E-state index is 13.1. The summed E-state index contributed by atoms with van der Waals surface area (Å²) in [6.07, 6.45) is 1.44. The number of aryl methyl sites for hydroxylation is 2. The van der Waals surface area contributed by atoms with E-state index in [9.17, 15) is 14.4 Å². The fourth-order valence-corrected chi connectivity index (χ4v) is 4.03. The third-order valence-electron chi connectivity index (χ3n) is 4.42. The van der Waals surface area contributed by atoms with Gasteiger partial charge < -0.3 is 9.47 Å². The van der Waals surface area contributed by atoms with Gasteiger partial charge in [0.15, 0.2) is 11.5 Å². The molecule has 0 unspecified atom stereocenters. The molecule has 4 amide bonds. The third-order valence-corrected chi connectivity index (χ3v) is 5.22. The van der Waals surface area contributed by atoms with E-state index in [0.717, 1.165) is 19.6 Å². The molecule has 0 radical (unpaired) electrons. The maximum Gasteiger partial charge on any atom is 0.335 e. The number of rotatable bonds is 5. The van der Waals surface area contributed by atoms with Crippen molar-refractivity contribution >= 4 is 52.2 Å². The molecule has 1 aliphatic heterocycles. The molecule has 2 aromatic carbocycles. The van der Waals surface area contributed by atoms with E-state index in [4.69, 9.17) is 9.47 Å². The monoisotopic (exact) mass is 520 g/mol.